The molecule has 0 amide bonds. The lowest BCUT2D eigenvalue weighted by Gasteiger charge is -2.10. The van der Waals surface area contributed by atoms with Gasteiger partial charge in [-0.3, -0.25) is 4.98 Å². The topological polar surface area (TPSA) is 41.6 Å². The molecule has 3 aromatic heterocycles. The molecule has 3 heterocycles. The van der Waals surface area contributed by atoms with Crippen molar-refractivity contribution in [2.24, 2.45) is 0 Å². The quantitative estimate of drug-likeness (QED) is 0.761. The van der Waals surface area contributed by atoms with Gasteiger partial charge in [-0.05, 0) is 18.2 Å². The minimum Gasteiger partial charge on any atom is -0.339 e. The van der Waals surface area contributed by atoms with Gasteiger partial charge in [-0.2, -0.15) is 0 Å². The molecule has 0 saturated heterocycles. The van der Waals surface area contributed by atoms with Gasteiger partial charge in [0.15, 0.2) is 0 Å². The molecular weight excluding hydrogens is 284 g/mol. The standard InChI is InChI=1S/C14H10ClF2N3/c1-14(16,17)9-4-8(6-18-7-9)12-5-10-11(15)2-3-19-13(10)20-12/h2-7H,1H3,(H,19,20). The van der Waals surface area contributed by atoms with E-state index in [1.807, 2.05) is 0 Å². The lowest BCUT2D eigenvalue weighted by atomic mass is 10.1. The molecule has 6 heteroatoms. The van der Waals surface area contributed by atoms with Gasteiger partial charge in [0, 0.05) is 47.7 Å². The molecule has 1 N–H and O–H groups in total. The number of aromatic nitrogens is 3. The highest BCUT2D eigenvalue weighted by molar-refractivity contribution is 6.35. The fraction of sp³-hybridized carbons (Fsp3) is 0.143. The van der Waals surface area contributed by atoms with Crippen LogP contribution in [0.3, 0.4) is 0 Å². The zero-order valence-corrected chi connectivity index (χ0v) is 11.2. The first kappa shape index (κ1) is 13.0. The molecule has 0 fully saturated rings. The van der Waals surface area contributed by atoms with Crippen LogP contribution in [0.25, 0.3) is 22.3 Å². The molecule has 0 saturated carbocycles. The van der Waals surface area contributed by atoms with Gasteiger partial charge < -0.3 is 4.98 Å². The SMILES string of the molecule is CC(F)(F)c1cncc(-c2cc3c(Cl)ccnc3[nH]2)c1. The molecule has 20 heavy (non-hydrogen) atoms. The van der Waals surface area contributed by atoms with Gasteiger partial charge in [0.05, 0.1) is 5.02 Å². The van der Waals surface area contributed by atoms with E-state index < -0.39 is 5.92 Å². The summed E-state index contributed by atoms with van der Waals surface area (Å²) in [6.07, 6.45) is 4.27. The van der Waals surface area contributed by atoms with Crippen molar-refractivity contribution in [1.82, 2.24) is 15.0 Å². The highest BCUT2D eigenvalue weighted by Gasteiger charge is 2.25. The Morgan fingerprint density at radius 3 is 2.75 bits per heavy atom. The molecule has 0 bridgehead atoms. The van der Waals surface area contributed by atoms with E-state index in [-0.39, 0.29) is 5.56 Å². The second kappa shape index (κ2) is 4.52. The van der Waals surface area contributed by atoms with Gasteiger partial charge in [-0.1, -0.05) is 11.6 Å². The Hall–Kier alpha value is -2.01. The summed E-state index contributed by atoms with van der Waals surface area (Å²) >= 11 is 6.07. The number of alkyl halides is 2. The summed E-state index contributed by atoms with van der Waals surface area (Å²) in [6.45, 7) is 0.845. The van der Waals surface area contributed by atoms with Crippen molar-refractivity contribution < 1.29 is 8.78 Å². The summed E-state index contributed by atoms with van der Waals surface area (Å²) in [5, 5.41) is 1.31. The van der Waals surface area contributed by atoms with Crippen LogP contribution < -0.4 is 0 Å². The first-order chi connectivity index (χ1) is 9.45. The zero-order chi connectivity index (χ0) is 14.3. The largest absolute Gasteiger partial charge is 0.339 e. The van der Waals surface area contributed by atoms with Crippen LogP contribution in [0.15, 0.2) is 36.8 Å². The smallest absolute Gasteiger partial charge is 0.272 e. The van der Waals surface area contributed by atoms with Crippen molar-refractivity contribution in [3.8, 4) is 11.3 Å². The Morgan fingerprint density at radius 2 is 2.05 bits per heavy atom. The highest BCUT2D eigenvalue weighted by atomic mass is 35.5. The van der Waals surface area contributed by atoms with Gasteiger partial charge >= 0.3 is 0 Å². The summed E-state index contributed by atoms with van der Waals surface area (Å²) in [7, 11) is 0. The van der Waals surface area contributed by atoms with Crippen LogP contribution in [0.5, 0.6) is 0 Å². The molecule has 0 atom stereocenters. The van der Waals surface area contributed by atoms with Gasteiger partial charge in [0.1, 0.15) is 5.65 Å². The number of hydrogen-bond donors (Lipinski definition) is 1. The summed E-state index contributed by atoms with van der Waals surface area (Å²) < 4.78 is 26.7. The average molecular weight is 294 g/mol. The molecule has 3 nitrogen and oxygen atoms in total. The van der Waals surface area contributed by atoms with E-state index >= 15 is 0 Å². The molecule has 0 aliphatic heterocycles. The molecule has 0 aromatic carbocycles. The van der Waals surface area contributed by atoms with Crippen LogP contribution in [0, 0.1) is 0 Å². The minimum atomic E-state index is -2.93. The zero-order valence-electron chi connectivity index (χ0n) is 10.5. The number of rotatable bonds is 2. The number of pyridine rings is 2. The molecule has 3 aromatic rings. The first-order valence-electron chi connectivity index (χ1n) is 5.92. The van der Waals surface area contributed by atoms with Crippen molar-refractivity contribution in [2.45, 2.75) is 12.8 Å². The van der Waals surface area contributed by atoms with Gasteiger partial charge in [0.2, 0.25) is 0 Å². The molecule has 0 spiro atoms. The molecule has 0 aliphatic carbocycles. The number of fused-ring (bicyclic) bond motifs is 1. The van der Waals surface area contributed by atoms with Crippen molar-refractivity contribution in [1.29, 1.82) is 0 Å². The summed E-state index contributed by atoms with van der Waals surface area (Å²) in [6, 6.07) is 4.86. The van der Waals surface area contributed by atoms with E-state index in [0.29, 0.717) is 21.9 Å². The maximum Gasteiger partial charge on any atom is 0.272 e. The second-order valence-electron chi connectivity index (χ2n) is 4.59. The van der Waals surface area contributed by atoms with Gasteiger partial charge in [0.25, 0.3) is 5.92 Å². The number of hydrogen-bond acceptors (Lipinski definition) is 2. The third-order valence-electron chi connectivity index (χ3n) is 3.03. The molecule has 3 rings (SSSR count). The van der Waals surface area contributed by atoms with Crippen molar-refractivity contribution in [2.75, 3.05) is 0 Å². The lowest BCUT2D eigenvalue weighted by Crippen LogP contribution is -2.07. The van der Waals surface area contributed by atoms with Crippen molar-refractivity contribution in [3.05, 3.63) is 47.4 Å². The molecule has 0 aliphatic rings. The van der Waals surface area contributed by atoms with Crippen LogP contribution in [0.4, 0.5) is 8.78 Å². The number of H-pyrrole nitrogens is 1. The van der Waals surface area contributed by atoms with Crippen LogP contribution in [-0.4, -0.2) is 15.0 Å². The van der Waals surface area contributed by atoms with Crippen LogP contribution in [0.2, 0.25) is 5.02 Å². The van der Waals surface area contributed by atoms with E-state index in [1.165, 1.54) is 12.3 Å². The Bertz CT molecular complexity index is 777. The number of nitrogens with one attached hydrogen (secondary N) is 1. The third kappa shape index (κ3) is 2.25. The van der Waals surface area contributed by atoms with Gasteiger partial charge in [-0.25, -0.2) is 13.8 Å². The van der Waals surface area contributed by atoms with E-state index in [4.69, 9.17) is 11.6 Å². The van der Waals surface area contributed by atoms with Gasteiger partial charge in [-0.15, -0.1) is 0 Å². The molecule has 0 unspecified atom stereocenters. The fourth-order valence-electron chi connectivity index (χ4n) is 1.98. The van der Waals surface area contributed by atoms with Crippen LogP contribution in [0.1, 0.15) is 12.5 Å². The predicted octanol–water partition coefficient (Wildman–Crippen LogP) is 4.39. The Kier molecular flexibility index (Phi) is 2.94. The maximum absolute atomic E-state index is 13.3. The van der Waals surface area contributed by atoms with E-state index in [9.17, 15) is 8.78 Å². The first-order valence-corrected chi connectivity index (χ1v) is 6.30. The maximum atomic E-state index is 13.3. The summed E-state index contributed by atoms with van der Waals surface area (Å²) in [5.41, 5.74) is 1.70. The van der Waals surface area contributed by atoms with Crippen LogP contribution in [-0.2, 0) is 5.92 Å². The Morgan fingerprint density at radius 1 is 1.25 bits per heavy atom. The fourth-order valence-corrected chi connectivity index (χ4v) is 2.18. The number of nitrogens with zero attached hydrogens (tertiary/aromatic N) is 2. The molecule has 102 valence electrons. The highest BCUT2D eigenvalue weighted by Crippen LogP contribution is 2.31. The Balaban J connectivity index is 2.14. The van der Waals surface area contributed by atoms with E-state index in [0.717, 1.165) is 18.5 Å². The summed E-state index contributed by atoms with van der Waals surface area (Å²) in [4.78, 5) is 11.1. The summed E-state index contributed by atoms with van der Waals surface area (Å²) in [5.74, 6) is -2.93. The van der Waals surface area contributed by atoms with E-state index in [2.05, 4.69) is 15.0 Å². The predicted molar refractivity (Wildman–Crippen MR) is 73.9 cm³/mol. The van der Waals surface area contributed by atoms with Crippen molar-refractivity contribution in [3.63, 3.8) is 0 Å². The van der Waals surface area contributed by atoms with Crippen molar-refractivity contribution >= 4 is 22.6 Å². The number of halogens is 3. The monoisotopic (exact) mass is 293 g/mol. The lowest BCUT2D eigenvalue weighted by molar-refractivity contribution is 0.0171. The third-order valence-corrected chi connectivity index (χ3v) is 3.36. The second-order valence-corrected chi connectivity index (χ2v) is 5.00. The normalized spacial score (nSPS) is 12.0. The Labute approximate surface area is 118 Å². The van der Waals surface area contributed by atoms with Crippen LogP contribution >= 0.6 is 11.6 Å². The molecular formula is C14H10ClF2N3. The average Bonchev–Trinajstić information content (AvgIpc) is 2.83. The van der Waals surface area contributed by atoms with E-state index in [1.54, 1.807) is 18.3 Å². The molecule has 0 radical (unpaired) electrons. The number of aromatic amines is 1. The minimum absolute atomic E-state index is 0.132.